The van der Waals surface area contributed by atoms with E-state index in [1.165, 1.54) is 5.56 Å². The van der Waals surface area contributed by atoms with E-state index in [9.17, 15) is 0 Å². The van der Waals surface area contributed by atoms with Gasteiger partial charge in [0.1, 0.15) is 11.6 Å². The summed E-state index contributed by atoms with van der Waals surface area (Å²) in [6, 6.07) is 12.2. The Morgan fingerprint density at radius 1 is 1.11 bits per heavy atom. The molecule has 1 saturated heterocycles. The van der Waals surface area contributed by atoms with E-state index in [2.05, 4.69) is 47.3 Å². The predicted octanol–water partition coefficient (Wildman–Crippen LogP) is 2.66. The first kappa shape index (κ1) is 18.7. The van der Waals surface area contributed by atoms with Gasteiger partial charge in [-0.25, -0.2) is 0 Å². The Labute approximate surface area is 165 Å². The molecule has 7 nitrogen and oxygen atoms in total. The van der Waals surface area contributed by atoms with Gasteiger partial charge in [-0.15, -0.1) is 15.3 Å². The Hall–Kier alpha value is -2.67. The van der Waals surface area contributed by atoms with Crippen molar-refractivity contribution in [3.63, 3.8) is 0 Å². The second kappa shape index (κ2) is 7.39. The topological polar surface area (TPSA) is 67.6 Å². The van der Waals surface area contributed by atoms with Crippen LogP contribution in [-0.4, -0.2) is 46.6 Å². The van der Waals surface area contributed by atoms with Crippen LogP contribution in [0.15, 0.2) is 36.4 Å². The number of rotatable bonds is 6. The molecule has 0 atom stereocenters. The van der Waals surface area contributed by atoms with Crippen molar-refractivity contribution in [1.82, 2.24) is 25.1 Å². The molecule has 3 heterocycles. The van der Waals surface area contributed by atoms with Crippen LogP contribution in [0.2, 0.25) is 0 Å². The normalized spacial score (nSPS) is 15.1. The molecule has 0 amide bonds. The summed E-state index contributed by atoms with van der Waals surface area (Å²) < 4.78 is 7.29. The fourth-order valence-corrected chi connectivity index (χ4v) is 3.56. The number of anilines is 1. The molecule has 0 bridgehead atoms. The van der Waals surface area contributed by atoms with Crippen LogP contribution in [-0.2, 0) is 12.0 Å². The number of ether oxygens (including phenoxy) is 1. The first-order chi connectivity index (χ1) is 13.5. The summed E-state index contributed by atoms with van der Waals surface area (Å²) in [5.74, 6) is 3.43. The molecule has 1 aromatic carbocycles. The molecule has 0 spiro atoms. The Bertz CT molecular complexity index is 955. The van der Waals surface area contributed by atoms with Gasteiger partial charge in [0.25, 0.3) is 0 Å². The third kappa shape index (κ3) is 3.67. The van der Waals surface area contributed by atoms with Gasteiger partial charge in [-0.1, -0.05) is 39.0 Å². The average Bonchev–Trinajstić information content (AvgIpc) is 3.07. The Morgan fingerprint density at radius 3 is 2.64 bits per heavy atom. The summed E-state index contributed by atoms with van der Waals surface area (Å²) in [6.45, 7) is 10.2. The highest BCUT2D eigenvalue weighted by Gasteiger charge is 2.29. The number of benzene rings is 1. The average molecular weight is 380 g/mol. The molecule has 0 radical (unpaired) electrons. The van der Waals surface area contributed by atoms with Crippen LogP contribution in [0.3, 0.4) is 0 Å². The number of hydrogen-bond acceptors (Lipinski definition) is 6. The molecule has 1 N–H and O–H groups in total. The largest absolute Gasteiger partial charge is 0.496 e. The van der Waals surface area contributed by atoms with Crippen molar-refractivity contribution in [2.45, 2.75) is 32.7 Å². The highest BCUT2D eigenvalue weighted by molar-refractivity contribution is 5.47. The smallest absolute Gasteiger partial charge is 0.178 e. The van der Waals surface area contributed by atoms with Gasteiger partial charge in [-0.3, -0.25) is 0 Å². The molecular formula is C21H28N6O. The van der Waals surface area contributed by atoms with Crippen LogP contribution >= 0.6 is 0 Å². The second-order valence-electron chi connectivity index (χ2n) is 8.45. The minimum absolute atomic E-state index is 0.0923. The first-order valence-corrected chi connectivity index (χ1v) is 9.76. The van der Waals surface area contributed by atoms with Crippen molar-refractivity contribution in [1.29, 1.82) is 0 Å². The summed E-state index contributed by atoms with van der Waals surface area (Å²) in [5, 5.41) is 16.9. The Kier molecular flexibility index (Phi) is 4.93. The van der Waals surface area contributed by atoms with Crippen LogP contribution in [0.1, 0.15) is 32.2 Å². The number of hydrogen-bond donors (Lipinski definition) is 1. The van der Waals surface area contributed by atoms with Gasteiger partial charge >= 0.3 is 0 Å². The molecule has 0 saturated carbocycles. The lowest BCUT2D eigenvalue weighted by Gasteiger charge is -2.40. The predicted molar refractivity (Wildman–Crippen MR) is 110 cm³/mol. The number of nitrogens with one attached hydrogen (secondary N) is 1. The Morgan fingerprint density at radius 2 is 1.89 bits per heavy atom. The van der Waals surface area contributed by atoms with Gasteiger partial charge in [0.05, 0.1) is 7.11 Å². The van der Waals surface area contributed by atoms with E-state index in [1.807, 2.05) is 34.8 Å². The van der Waals surface area contributed by atoms with Crippen LogP contribution in [0.25, 0.3) is 5.65 Å². The third-order valence-corrected chi connectivity index (χ3v) is 5.14. The SMILES string of the molecule is COc1ccccc1CNCC1CN(c2ccc3nnc(C(C)(C)C)n3n2)C1. The number of methoxy groups -OCH3 is 1. The minimum Gasteiger partial charge on any atom is -0.496 e. The Balaban J connectivity index is 1.34. The highest BCUT2D eigenvalue weighted by Crippen LogP contribution is 2.25. The van der Waals surface area contributed by atoms with Crippen molar-refractivity contribution in [3.05, 3.63) is 47.8 Å². The summed E-state index contributed by atoms with van der Waals surface area (Å²) in [7, 11) is 1.72. The van der Waals surface area contributed by atoms with Gasteiger partial charge in [0.15, 0.2) is 11.5 Å². The molecule has 0 aliphatic carbocycles. The van der Waals surface area contributed by atoms with Gasteiger partial charge in [0, 0.05) is 43.1 Å². The molecule has 0 unspecified atom stereocenters. The quantitative estimate of drug-likeness (QED) is 0.709. The number of nitrogens with zero attached hydrogens (tertiary/aromatic N) is 5. The standard InChI is InChI=1S/C21H28N6O/c1-21(2,3)20-24-23-18-9-10-19(25-27(18)20)26-13-15(14-26)11-22-12-16-7-5-6-8-17(16)28-4/h5-10,15,22H,11-14H2,1-4H3. The van der Waals surface area contributed by atoms with Gasteiger partial charge in [-0.05, 0) is 18.2 Å². The lowest BCUT2D eigenvalue weighted by molar-refractivity contribution is 0.375. The number of aromatic nitrogens is 4. The highest BCUT2D eigenvalue weighted by atomic mass is 16.5. The fraction of sp³-hybridized carbons (Fsp3) is 0.476. The van der Waals surface area contributed by atoms with Crippen molar-refractivity contribution in [2.24, 2.45) is 5.92 Å². The molecule has 3 aromatic rings. The maximum Gasteiger partial charge on any atom is 0.178 e. The van der Waals surface area contributed by atoms with E-state index in [1.54, 1.807) is 7.11 Å². The van der Waals surface area contributed by atoms with Gasteiger partial charge in [-0.2, -0.15) is 4.52 Å². The maximum absolute atomic E-state index is 5.41. The zero-order chi connectivity index (χ0) is 19.7. The van der Waals surface area contributed by atoms with Crippen molar-refractivity contribution in [2.75, 3.05) is 31.6 Å². The van der Waals surface area contributed by atoms with Crippen molar-refractivity contribution < 1.29 is 4.74 Å². The van der Waals surface area contributed by atoms with Crippen LogP contribution < -0.4 is 15.0 Å². The molecule has 148 valence electrons. The van der Waals surface area contributed by atoms with Crippen molar-refractivity contribution >= 4 is 11.5 Å². The molecule has 2 aromatic heterocycles. The zero-order valence-corrected chi connectivity index (χ0v) is 17.0. The van der Waals surface area contributed by atoms with Crippen molar-refractivity contribution in [3.8, 4) is 5.75 Å². The number of fused-ring (bicyclic) bond motifs is 1. The molecular weight excluding hydrogens is 352 g/mol. The van der Waals surface area contributed by atoms with Gasteiger partial charge in [0.2, 0.25) is 0 Å². The van der Waals surface area contributed by atoms with Crippen LogP contribution in [0.5, 0.6) is 5.75 Å². The molecule has 28 heavy (non-hydrogen) atoms. The summed E-state index contributed by atoms with van der Waals surface area (Å²) in [4.78, 5) is 2.31. The molecule has 1 aliphatic rings. The summed E-state index contributed by atoms with van der Waals surface area (Å²) in [6.07, 6.45) is 0. The fourth-order valence-electron chi connectivity index (χ4n) is 3.56. The van der Waals surface area contributed by atoms with Crippen LogP contribution in [0.4, 0.5) is 5.82 Å². The van der Waals surface area contributed by atoms with Crippen LogP contribution in [0, 0.1) is 5.92 Å². The monoisotopic (exact) mass is 380 g/mol. The summed E-state index contributed by atoms with van der Waals surface area (Å²) in [5.41, 5.74) is 1.89. The van der Waals surface area contributed by atoms with E-state index in [4.69, 9.17) is 9.84 Å². The lowest BCUT2D eigenvalue weighted by Crippen LogP contribution is -2.51. The van der Waals surface area contributed by atoms with Gasteiger partial charge < -0.3 is 15.0 Å². The zero-order valence-electron chi connectivity index (χ0n) is 17.0. The van der Waals surface area contributed by atoms with E-state index in [0.717, 1.165) is 49.2 Å². The minimum atomic E-state index is -0.0923. The molecule has 7 heteroatoms. The maximum atomic E-state index is 5.41. The van der Waals surface area contributed by atoms with E-state index in [-0.39, 0.29) is 5.41 Å². The molecule has 1 fully saturated rings. The second-order valence-corrected chi connectivity index (χ2v) is 8.45. The number of para-hydroxylation sites is 1. The first-order valence-electron chi connectivity index (χ1n) is 9.76. The summed E-state index contributed by atoms with van der Waals surface area (Å²) >= 11 is 0. The lowest BCUT2D eigenvalue weighted by atomic mass is 9.96. The molecule has 1 aliphatic heterocycles. The van der Waals surface area contributed by atoms with E-state index >= 15 is 0 Å². The van der Waals surface area contributed by atoms with E-state index in [0.29, 0.717) is 5.92 Å². The van der Waals surface area contributed by atoms with E-state index < -0.39 is 0 Å². The third-order valence-electron chi connectivity index (χ3n) is 5.14. The molecule has 4 rings (SSSR count).